The number of nitro benzene ring substituents is 1. The van der Waals surface area contributed by atoms with Crippen molar-refractivity contribution in [3.05, 3.63) is 33.9 Å². The van der Waals surface area contributed by atoms with E-state index in [1.807, 2.05) is 0 Å². The van der Waals surface area contributed by atoms with Gasteiger partial charge in [0.1, 0.15) is 0 Å². The molecule has 1 aromatic carbocycles. The monoisotopic (exact) mass is 220 g/mol. The Morgan fingerprint density at radius 3 is 2.88 bits per heavy atom. The molecule has 1 aromatic rings. The number of hydrogen-bond donors (Lipinski definition) is 0. The Morgan fingerprint density at radius 2 is 2.25 bits per heavy atom. The van der Waals surface area contributed by atoms with E-state index >= 15 is 0 Å². The summed E-state index contributed by atoms with van der Waals surface area (Å²) >= 11 is 0. The third kappa shape index (κ3) is 1.64. The predicted molar refractivity (Wildman–Crippen MR) is 59.4 cm³/mol. The van der Waals surface area contributed by atoms with Crippen molar-refractivity contribution in [2.75, 3.05) is 11.4 Å². The summed E-state index contributed by atoms with van der Waals surface area (Å²) in [5.41, 5.74) is 1.48. The molecule has 0 saturated heterocycles. The lowest BCUT2D eigenvalue weighted by Crippen LogP contribution is -2.33. The van der Waals surface area contributed by atoms with Crippen molar-refractivity contribution in [2.24, 2.45) is 0 Å². The first kappa shape index (κ1) is 10.6. The number of nitro groups is 1. The molecule has 0 radical (unpaired) electrons. The van der Waals surface area contributed by atoms with Crippen LogP contribution in [-0.4, -0.2) is 17.4 Å². The van der Waals surface area contributed by atoms with Crippen LogP contribution >= 0.6 is 0 Å². The zero-order chi connectivity index (χ0) is 11.7. The number of benzene rings is 1. The largest absolute Gasteiger partial charge is 0.312 e. The first-order valence-corrected chi connectivity index (χ1v) is 5.15. The molecule has 0 aromatic heterocycles. The zero-order valence-corrected chi connectivity index (χ0v) is 8.97. The predicted octanol–water partition coefficient (Wildman–Crippen LogP) is 1.89. The highest BCUT2D eigenvalue weighted by Crippen LogP contribution is 2.33. The Bertz CT molecular complexity index is 457. The maximum absolute atomic E-state index is 11.4. The lowest BCUT2D eigenvalue weighted by molar-refractivity contribution is -0.385. The molecule has 0 spiro atoms. The quantitative estimate of drug-likeness (QED) is 0.536. The molecule has 1 amide bonds. The van der Waals surface area contributed by atoms with E-state index in [9.17, 15) is 14.9 Å². The average molecular weight is 220 g/mol. The van der Waals surface area contributed by atoms with Crippen molar-refractivity contribution in [3.8, 4) is 0 Å². The van der Waals surface area contributed by atoms with Gasteiger partial charge < -0.3 is 4.90 Å². The SMILES string of the molecule is CC(=O)N1CCCc2c1cccc2[N+](=O)[O-]. The van der Waals surface area contributed by atoms with Crippen molar-refractivity contribution in [2.45, 2.75) is 19.8 Å². The minimum absolute atomic E-state index is 0.0681. The molecule has 0 aliphatic carbocycles. The van der Waals surface area contributed by atoms with Crippen LogP contribution in [0.4, 0.5) is 11.4 Å². The van der Waals surface area contributed by atoms with Crippen LogP contribution < -0.4 is 4.90 Å². The molecule has 0 atom stereocenters. The van der Waals surface area contributed by atoms with Gasteiger partial charge >= 0.3 is 0 Å². The molecule has 1 heterocycles. The van der Waals surface area contributed by atoms with E-state index < -0.39 is 0 Å². The molecule has 0 saturated carbocycles. The molecule has 2 rings (SSSR count). The fourth-order valence-corrected chi connectivity index (χ4v) is 2.10. The van der Waals surface area contributed by atoms with Crippen LogP contribution in [0.1, 0.15) is 18.9 Å². The second-order valence-electron chi connectivity index (χ2n) is 3.81. The molecule has 16 heavy (non-hydrogen) atoms. The Morgan fingerprint density at radius 1 is 1.50 bits per heavy atom. The Hall–Kier alpha value is -1.91. The van der Waals surface area contributed by atoms with Gasteiger partial charge in [0.15, 0.2) is 0 Å². The van der Waals surface area contributed by atoms with Gasteiger partial charge in [0.05, 0.1) is 16.2 Å². The molecule has 0 N–H and O–H groups in total. The van der Waals surface area contributed by atoms with E-state index in [1.165, 1.54) is 13.0 Å². The summed E-state index contributed by atoms with van der Waals surface area (Å²) in [6.07, 6.45) is 1.44. The van der Waals surface area contributed by atoms with Gasteiger partial charge in [0, 0.05) is 19.5 Å². The minimum atomic E-state index is -0.386. The van der Waals surface area contributed by atoms with Gasteiger partial charge in [0.2, 0.25) is 5.91 Å². The summed E-state index contributed by atoms with van der Waals surface area (Å²) < 4.78 is 0. The van der Waals surface area contributed by atoms with E-state index in [-0.39, 0.29) is 16.5 Å². The van der Waals surface area contributed by atoms with Crippen LogP contribution in [0.2, 0.25) is 0 Å². The summed E-state index contributed by atoms with van der Waals surface area (Å²) in [5, 5.41) is 10.9. The Balaban J connectivity index is 2.54. The number of hydrogen-bond acceptors (Lipinski definition) is 3. The van der Waals surface area contributed by atoms with Crippen LogP contribution in [0.3, 0.4) is 0 Å². The topological polar surface area (TPSA) is 63.5 Å². The second-order valence-corrected chi connectivity index (χ2v) is 3.81. The number of amides is 1. The first-order valence-electron chi connectivity index (χ1n) is 5.15. The number of nitrogens with zero attached hydrogens (tertiary/aromatic N) is 2. The number of anilines is 1. The highest BCUT2D eigenvalue weighted by atomic mass is 16.6. The van der Waals surface area contributed by atoms with Gasteiger partial charge in [-0.3, -0.25) is 14.9 Å². The van der Waals surface area contributed by atoms with Gasteiger partial charge in [0.25, 0.3) is 5.69 Å². The van der Waals surface area contributed by atoms with E-state index in [2.05, 4.69) is 0 Å². The van der Waals surface area contributed by atoms with Gasteiger partial charge in [-0.1, -0.05) is 6.07 Å². The molecule has 0 fully saturated rings. The fraction of sp³-hybridized carbons (Fsp3) is 0.364. The normalized spacial score (nSPS) is 14.4. The van der Waals surface area contributed by atoms with Gasteiger partial charge in [-0.2, -0.15) is 0 Å². The molecular weight excluding hydrogens is 208 g/mol. The molecule has 5 nitrogen and oxygen atoms in total. The van der Waals surface area contributed by atoms with E-state index in [0.717, 1.165) is 6.42 Å². The molecule has 0 unspecified atom stereocenters. The van der Waals surface area contributed by atoms with Crippen LogP contribution in [0.5, 0.6) is 0 Å². The van der Waals surface area contributed by atoms with Crippen molar-refractivity contribution < 1.29 is 9.72 Å². The van der Waals surface area contributed by atoms with E-state index in [4.69, 9.17) is 0 Å². The maximum atomic E-state index is 11.4. The third-order valence-electron chi connectivity index (χ3n) is 2.80. The molecular formula is C11H12N2O3. The average Bonchev–Trinajstić information content (AvgIpc) is 2.27. The summed E-state index contributed by atoms with van der Waals surface area (Å²) in [4.78, 5) is 23.5. The number of rotatable bonds is 1. The minimum Gasteiger partial charge on any atom is -0.312 e. The molecule has 0 bridgehead atoms. The summed E-state index contributed by atoms with van der Waals surface area (Å²) in [6.45, 7) is 2.12. The Labute approximate surface area is 92.8 Å². The molecule has 5 heteroatoms. The molecule has 1 aliphatic rings. The van der Waals surface area contributed by atoms with Crippen LogP contribution in [0.25, 0.3) is 0 Å². The number of carbonyl (C=O) groups is 1. The summed E-state index contributed by atoms with van der Waals surface area (Å²) in [7, 11) is 0. The fourth-order valence-electron chi connectivity index (χ4n) is 2.10. The third-order valence-corrected chi connectivity index (χ3v) is 2.80. The van der Waals surface area contributed by atoms with Gasteiger partial charge in [-0.25, -0.2) is 0 Å². The van der Waals surface area contributed by atoms with Crippen LogP contribution in [0.15, 0.2) is 18.2 Å². The number of carbonyl (C=O) groups excluding carboxylic acids is 1. The summed E-state index contributed by atoms with van der Waals surface area (Å²) in [5.74, 6) is -0.0681. The van der Waals surface area contributed by atoms with E-state index in [1.54, 1.807) is 17.0 Å². The lowest BCUT2D eigenvalue weighted by Gasteiger charge is -2.27. The van der Waals surface area contributed by atoms with Gasteiger partial charge in [-0.15, -0.1) is 0 Å². The molecule has 1 aliphatic heterocycles. The maximum Gasteiger partial charge on any atom is 0.274 e. The smallest absolute Gasteiger partial charge is 0.274 e. The van der Waals surface area contributed by atoms with Crippen molar-refractivity contribution in [1.82, 2.24) is 0 Å². The Kier molecular flexibility index (Phi) is 2.60. The lowest BCUT2D eigenvalue weighted by atomic mass is 10.00. The van der Waals surface area contributed by atoms with Crippen molar-refractivity contribution in [3.63, 3.8) is 0 Å². The highest BCUT2D eigenvalue weighted by molar-refractivity contribution is 5.93. The van der Waals surface area contributed by atoms with Crippen LogP contribution in [0, 0.1) is 10.1 Å². The number of fused-ring (bicyclic) bond motifs is 1. The van der Waals surface area contributed by atoms with Gasteiger partial charge in [-0.05, 0) is 18.9 Å². The standard InChI is InChI=1S/C11H12N2O3/c1-8(14)12-7-3-4-9-10(12)5-2-6-11(9)13(15)16/h2,5-6H,3-4,7H2,1H3. The second kappa shape index (κ2) is 3.92. The highest BCUT2D eigenvalue weighted by Gasteiger charge is 2.26. The van der Waals surface area contributed by atoms with Crippen molar-refractivity contribution in [1.29, 1.82) is 0 Å². The summed E-state index contributed by atoms with van der Waals surface area (Å²) in [6, 6.07) is 4.88. The zero-order valence-electron chi connectivity index (χ0n) is 8.97. The first-order chi connectivity index (χ1) is 7.61. The molecule has 84 valence electrons. The van der Waals surface area contributed by atoms with E-state index in [0.29, 0.717) is 24.2 Å². The van der Waals surface area contributed by atoms with Crippen molar-refractivity contribution >= 4 is 17.3 Å². The van der Waals surface area contributed by atoms with Crippen LogP contribution in [-0.2, 0) is 11.2 Å².